The molecule has 0 atom stereocenters. The van der Waals surface area contributed by atoms with Crippen LogP contribution < -0.4 is 69.3 Å². The first-order valence-corrected chi connectivity index (χ1v) is 16.1. The van der Waals surface area contributed by atoms with Crippen molar-refractivity contribution in [2.24, 2.45) is 15.2 Å². The van der Waals surface area contributed by atoms with Crippen LogP contribution in [0.5, 0.6) is 5.75 Å². The number of benzene rings is 4. The number of azo groups is 1. The van der Waals surface area contributed by atoms with E-state index in [1.165, 1.54) is 11.3 Å². The van der Waals surface area contributed by atoms with Crippen molar-refractivity contribution in [2.75, 3.05) is 0 Å². The Hall–Kier alpha value is -2.28. The average molecular weight is 685 g/mol. The zero-order valence-corrected chi connectivity index (χ0v) is 31.4. The van der Waals surface area contributed by atoms with Crippen LogP contribution in [0.3, 0.4) is 0 Å². The molecule has 5 aromatic rings. The van der Waals surface area contributed by atoms with Gasteiger partial charge in [-0.1, -0.05) is 11.8 Å². The van der Waals surface area contributed by atoms with E-state index in [9.17, 15) is 36.2 Å². The van der Waals surface area contributed by atoms with Gasteiger partial charge in [0, 0.05) is 10.9 Å². The SMILES string of the molecule is CC([O-])=Nc1cc(S(=O)(=O)O)cc2cc(S(=O)(=O)O)c(N=Nc3ccc(-c4nc5c(C)cc(C)cc5s4)cc3C)c([O-])c12.[Na+].[Na+]. The number of rotatable bonds is 6. The maximum atomic E-state index is 13.5. The first kappa shape index (κ1) is 37.2. The first-order chi connectivity index (χ1) is 20.0. The van der Waals surface area contributed by atoms with Crippen LogP contribution in [0.1, 0.15) is 23.6 Å². The van der Waals surface area contributed by atoms with Gasteiger partial charge in [0.05, 0.1) is 32.2 Å². The number of aryl methyl sites for hydroxylation is 3. The van der Waals surface area contributed by atoms with E-state index in [1.54, 1.807) is 19.1 Å². The minimum absolute atomic E-state index is 0. The normalized spacial score (nSPS) is 12.4. The predicted octanol–water partition coefficient (Wildman–Crippen LogP) is -0.558. The molecule has 0 fully saturated rings. The van der Waals surface area contributed by atoms with Crippen LogP contribution in [0, 0.1) is 20.8 Å². The molecule has 0 bridgehead atoms. The summed E-state index contributed by atoms with van der Waals surface area (Å²) in [6.07, 6.45) is 0. The summed E-state index contributed by atoms with van der Waals surface area (Å²) in [6.45, 7) is 6.80. The van der Waals surface area contributed by atoms with Crippen LogP contribution >= 0.6 is 11.3 Å². The second kappa shape index (κ2) is 13.8. The van der Waals surface area contributed by atoms with E-state index in [2.05, 4.69) is 27.4 Å². The summed E-state index contributed by atoms with van der Waals surface area (Å²) in [4.78, 5) is 6.71. The van der Waals surface area contributed by atoms with E-state index in [1.807, 2.05) is 19.9 Å². The van der Waals surface area contributed by atoms with Crippen molar-refractivity contribution in [3.05, 3.63) is 65.2 Å². The molecule has 45 heavy (non-hydrogen) atoms. The van der Waals surface area contributed by atoms with Gasteiger partial charge < -0.3 is 10.2 Å². The summed E-state index contributed by atoms with van der Waals surface area (Å²) in [5.74, 6) is -1.89. The molecule has 1 aromatic heterocycles. The summed E-state index contributed by atoms with van der Waals surface area (Å²) in [5.41, 5.74) is 3.60. The third-order valence-electron chi connectivity index (χ3n) is 6.47. The standard InChI is InChI=1S/C28H24N4O8S3.2Na/c1-13-7-15(3)25-22(8-13)41-28(30-25)17-5-6-20(14(2)9-17)31-32-26-23(43(38,39)40)11-18-10-19(42(35,36)37)12-21(29-16(4)33)24(18)27(26)34;;/h5-12,34H,1-4H3,(H,29,33)(H,35,36,37)(H,38,39,40);;/q;2*+1/p-2. The van der Waals surface area contributed by atoms with Crippen molar-refractivity contribution in [1.82, 2.24) is 4.98 Å². The fourth-order valence-corrected chi connectivity index (χ4v) is 6.95. The van der Waals surface area contributed by atoms with E-state index >= 15 is 0 Å². The quantitative estimate of drug-likeness (QED) is 0.0773. The molecule has 5 rings (SSSR count). The average Bonchev–Trinajstić information content (AvgIpc) is 3.31. The smallest absolute Gasteiger partial charge is 0.870 e. The minimum atomic E-state index is -5.08. The van der Waals surface area contributed by atoms with Gasteiger partial charge in [0.1, 0.15) is 9.90 Å². The zero-order chi connectivity index (χ0) is 31.4. The van der Waals surface area contributed by atoms with Gasteiger partial charge in [-0.15, -0.1) is 16.5 Å². The van der Waals surface area contributed by atoms with Gasteiger partial charge in [-0.3, -0.25) is 14.1 Å². The maximum absolute atomic E-state index is 13.5. The molecule has 1 heterocycles. The van der Waals surface area contributed by atoms with Gasteiger partial charge in [-0.25, -0.2) is 4.98 Å². The van der Waals surface area contributed by atoms with Gasteiger partial charge in [-0.2, -0.15) is 21.9 Å². The monoisotopic (exact) mass is 684 g/mol. The van der Waals surface area contributed by atoms with Crippen LogP contribution in [0.15, 0.2) is 73.5 Å². The number of hydrogen-bond acceptors (Lipinski definition) is 11. The Bertz CT molecular complexity index is 2270. The second-order valence-electron chi connectivity index (χ2n) is 9.82. The van der Waals surface area contributed by atoms with Crippen molar-refractivity contribution in [1.29, 1.82) is 0 Å². The first-order valence-electron chi connectivity index (χ1n) is 12.4. The fraction of sp³-hybridized carbons (Fsp3) is 0.143. The third-order valence-corrected chi connectivity index (χ3v) is 9.22. The summed E-state index contributed by atoms with van der Waals surface area (Å²) < 4.78 is 68.5. The Kier molecular flexibility index (Phi) is 11.4. The van der Waals surface area contributed by atoms with E-state index in [4.69, 9.17) is 4.98 Å². The van der Waals surface area contributed by atoms with Gasteiger partial charge in [-0.05, 0) is 98.1 Å². The van der Waals surface area contributed by atoms with Crippen LogP contribution in [-0.4, -0.2) is 36.8 Å². The summed E-state index contributed by atoms with van der Waals surface area (Å²) in [5, 5.41) is 33.3. The Morgan fingerprint density at radius 3 is 2.16 bits per heavy atom. The van der Waals surface area contributed by atoms with E-state index in [-0.39, 0.29) is 75.6 Å². The van der Waals surface area contributed by atoms with Gasteiger partial charge in [0.25, 0.3) is 20.2 Å². The zero-order valence-electron chi connectivity index (χ0n) is 25.0. The van der Waals surface area contributed by atoms with E-state index in [0.717, 1.165) is 57.0 Å². The molecule has 0 saturated heterocycles. The molecule has 0 amide bonds. The minimum Gasteiger partial charge on any atom is -0.870 e. The number of nitrogens with zero attached hydrogens (tertiary/aromatic N) is 4. The molecule has 0 saturated carbocycles. The molecule has 222 valence electrons. The van der Waals surface area contributed by atoms with Crippen molar-refractivity contribution in [3.8, 4) is 16.3 Å². The number of fused-ring (bicyclic) bond motifs is 2. The molecule has 12 nitrogen and oxygen atoms in total. The van der Waals surface area contributed by atoms with E-state index in [0.29, 0.717) is 5.56 Å². The number of thiazole rings is 1. The van der Waals surface area contributed by atoms with Crippen molar-refractivity contribution in [2.45, 2.75) is 37.5 Å². The van der Waals surface area contributed by atoms with E-state index < -0.39 is 53.0 Å². The van der Waals surface area contributed by atoms with Crippen LogP contribution in [-0.2, 0) is 20.2 Å². The molecule has 0 spiro atoms. The Balaban J connectivity index is 0.00000276. The van der Waals surface area contributed by atoms with Crippen molar-refractivity contribution < 1.29 is 95.3 Å². The Morgan fingerprint density at radius 1 is 0.867 bits per heavy atom. The number of aliphatic imine (C=N–C) groups is 1. The second-order valence-corrected chi connectivity index (χ2v) is 13.7. The van der Waals surface area contributed by atoms with Gasteiger partial charge in [0.15, 0.2) is 0 Å². The van der Waals surface area contributed by atoms with Gasteiger partial charge in [0.2, 0.25) is 0 Å². The molecule has 4 aromatic carbocycles. The third kappa shape index (κ3) is 7.82. The van der Waals surface area contributed by atoms with Crippen molar-refractivity contribution in [3.63, 3.8) is 0 Å². The molecule has 2 N–H and O–H groups in total. The number of hydrogen-bond donors (Lipinski definition) is 2. The fourth-order valence-electron chi connectivity index (χ4n) is 4.62. The largest absolute Gasteiger partial charge is 1.00 e. The molecular formula is C28H22N4Na2O8S3. The Morgan fingerprint density at radius 2 is 1.56 bits per heavy atom. The Labute approximate surface area is 307 Å². The molecular weight excluding hydrogens is 663 g/mol. The summed E-state index contributed by atoms with van der Waals surface area (Å²) in [7, 11) is -9.92. The maximum Gasteiger partial charge on any atom is 1.00 e. The molecule has 0 radical (unpaired) electrons. The molecule has 0 unspecified atom stereocenters. The molecule has 0 aliphatic rings. The number of aromatic nitrogens is 1. The summed E-state index contributed by atoms with van der Waals surface area (Å²) in [6, 6.07) is 11.7. The predicted molar refractivity (Wildman–Crippen MR) is 159 cm³/mol. The van der Waals surface area contributed by atoms with Crippen LogP contribution in [0.25, 0.3) is 31.6 Å². The van der Waals surface area contributed by atoms with Crippen LogP contribution in [0.2, 0.25) is 0 Å². The van der Waals surface area contributed by atoms with Crippen LogP contribution in [0.4, 0.5) is 17.1 Å². The molecule has 0 aliphatic carbocycles. The van der Waals surface area contributed by atoms with Crippen molar-refractivity contribution >= 4 is 75.5 Å². The molecule has 17 heteroatoms. The van der Waals surface area contributed by atoms with Gasteiger partial charge >= 0.3 is 59.1 Å². The summed E-state index contributed by atoms with van der Waals surface area (Å²) >= 11 is 1.53. The molecule has 0 aliphatic heterocycles. The topological polar surface area (TPSA) is 205 Å².